The number of H-pyrrole nitrogens is 1. The molecule has 1 unspecified atom stereocenters. The summed E-state index contributed by atoms with van der Waals surface area (Å²) >= 11 is 0. The van der Waals surface area contributed by atoms with Crippen LogP contribution in [0.15, 0.2) is 41.3 Å². The van der Waals surface area contributed by atoms with Crippen molar-refractivity contribution in [1.29, 1.82) is 0 Å². The molecule has 5 rings (SSSR count). The van der Waals surface area contributed by atoms with Gasteiger partial charge in [-0.25, -0.2) is 31.9 Å². The van der Waals surface area contributed by atoms with Crippen LogP contribution >= 0.6 is 0 Å². The summed E-state index contributed by atoms with van der Waals surface area (Å²) < 4.78 is 84.8. The number of aromatic amines is 1. The first kappa shape index (κ1) is 29.0. The minimum atomic E-state index is -5.17. The van der Waals surface area contributed by atoms with Gasteiger partial charge in [-0.15, -0.1) is 0 Å². The summed E-state index contributed by atoms with van der Waals surface area (Å²) in [7, 11) is -4.82. The highest BCUT2D eigenvalue weighted by molar-refractivity contribution is 7.98. The molecule has 9 nitrogen and oxygen atoms in total. The Morgan fingerprint density at radius 2 is 1.80 bits per heavy atom. The Bertz CT molecular complexity index is 1600. The van der Waals surface area contributed by atoms with Gasteiger partial charge in [-0.3, -0.25) is 9.55 Å². The molecule has 2 aliphatic rings. The van der Waals surface area contributed by atoms with Crippen molar-refractivity contribution in [3.8, 4) is 0 Å². The van der Waals surface area contributed by atoms with E-state index in [0.717, 1.165) is 6.07 Å². The van der Waals surface area contributed by atoms with Gasteiger partial charge in [0.15, 0.2) is 17.3 Å². The number of nitrogens with one attached hydrogen (secondary N) is 2. The lowest BCUT2D eigenvalue weighted by atomic mass is 9.93. The number of pyridine rings is 1. The van der Waals surface area contributed by atoms with E-state index < -0.39 is 57.9 Å². The van der Waals surface area contributed by atoms with Crippen LogP contribution in [0.3, 0.4) is 0 Å². The number of aromatic nitrogens is 3. The standard InChI is InChI=1S/C26H29F5N6O3S/c1-41(40,26(29,30)31)36-14-16(19-4-2-5-20(27)22(19)28)7-8-17(15-36)33-24(38)35-12-9-18(10-13-35)37-21-6-3-11-32-23(21)34-25(37)39/h2-6,11,16-18H,1,7-10,12-15H2,(H,33,38)(H,32,34,39)/t16-,17-,41?/m1/s1. The van der Waals surface area contributed by atoms with Gasteiger partial charge < -0.3 is 10.2 Å². The monoisotopic (exact) mass is 600 g/mol. The molecule has 2 aliphatic heterocycles. The second kappa shape index (κ2) is 11.1. The first-order chi connectivity index (χ1) is 19.4. The average Bonchev–Trinajstić information content (AvgIpc) is 3.11. The van der Waals surface area contributed by atoms with Crippen molar-refractivity contribution >= 4 is 32.8 Å². The topological polar surface area (TPSA) is 103 Å². The van der Waals surface area contributed by atoms with E-state index in [1.807, 2.05) is 0 Å². The summed E-state index contributed by atoms with van der Waals surface area (Å²) in [5, 5.41) is 2.74. The Balaban J connectivity index is 1.29. The number of likely N-dealkylation sites (tertiary alicyclic amines) is 1. The van der Waals surface area contributed by atoms with Crippen LogP contribution < -0.4 is 11.0 Å². The molecule has 2 N–H and O–H groups in total. The molecule has 41 heavy (non-hydrogen) atoms. The Morgan fingerprint density at radius 3 is 2.51 bits per heavy atom. The summed E-state index contributed by atoms with van der Waals surface area (Å²) in [5.41, 5.74) is -4.47. The maximum atomic E-state index is 14.6. The molecule has 2 saturated heterocycles. The number of benzene rings is 1. The number of alkyl halides is 3. The zero-order chi connectivity index (χ0) is 29.5. The number of urea groups is 1. The Morgan fingerprint density at radius 1 is 1.07 bits per heavy atom. The molecular weight excluding hydrogens is 571 g/mol. The van der Waals surface area contributed by atoms with Gasteiger partial charge in [-0.05, 0) is 55.3 Å². The first-order valence-corrected chi connectivity index (χ1v) is 14.8. The Kier molecular flexibility index (Phi) is 7.85. The molecular formula is C26H29F5N6O3S. The van der Waals surface area contributed by atoms with Gasteiger partial charge in [0.05, 0.1) is 5.52 Å². The van der Waals surface area contributed by atoms with E-state index in [1.54, 1.807) is 22.9 Å². The number of amides is 2. The van der Waals surface area contributed by atoms with Crippen LogP contribution in [0.5, 0.6) is 0 Å². The smallest absolute Gasteiger partial charge is 0.334 e. The molecule has 0 bridgehead atoms. The maximum Gasteiger partial charge on any atom is 0.476 e. The van der Waals surface area contributed by atoms with Crippen LogP contribution in [0.2, 0.25) is 0 Å². The summed E-state index contributed by atoms with van der Waals surface area (Å²) in [5.74, 6) is -0.269. The fourth-order valence-electron chi connectivity index (χ4n) is 5.66. The number of imidazole rings is 1. The summed E-state index contributed by atoms with van der Waals surface area (Å²) in [6.07, 6.45) is 2.77. The number of carbonyl (C=O) groups excluding carboxylic acids is 1. The van der Waals surface area contributed by atoms with Crippen LogP contribution in [0.25, 0.3) is 11.2 Å². The van der Waals surface area contributed by atoms with E-state index in [9.17, 15) is 35.8 Å². The van der Waals surface area contributed by atoms with Gasteiger partial charge in [0, 0.05) is 50.4 Å². The lowest BCUT2D eigenvalue weighted by Gasteiger charge is -2.34. The minimum Gasteiger partial charge on any atom is -0.334 e. The normalized spacial score (nSPS) is 22.8. The van der Waals surface area contributed by atoms with Gasteiger partial charge in [0.2, 0.25) is 0 Å². The van der Waals surface area contributed by atoms with E-state index in [1.165, 1.54) is 17.0 Å². The molecule has 4 heterocycles. The maximum absolute atomic E-state index is 14.6. The number of hydrogen-bond acceptors (Lipinski definition) is 4. The van der Waals surface area contributed by atoms with E-state index in [0.29, 0.717) is 28.3 Å². The van der Waals surface area contributed by atoms with Gasteiger partial charge in [-0.2, -0.15) is 13.2 Å². The molecule has 2 fully saturated rings. The van der Waals surface area contributed by atoms with Gasteiger partial charge in [0.25, 0.3) is 0 Å². The summed E-state index contributed by atoms with van der Waals surface area (Å²) in [6.45, 7) is -0.334. The van der Waals surface area contributed by atoms with Crippen LogP contribution in [-0.4, -0.2) is 77.6 Å². The SMILES string of the molecule is C=S(=O)(N1C[C@H](NC(=O)N2CCC(n3c(=O)[nH]c4ncccc43)CC2)CC[C@@H](c2cccc(F)c2F)C1)C(F)(F)F. The van der Waals surface area contributed by atoms with Crippen molar-refractivity contribution in [2.24, 2.45) is 0 Å². The highest BCUT2D eigenvalue weighted by atomic mass is 32.2. The van der Waals surface area contributed by atoms with Gasteiger partial charge in [-0.1, -0.05) is 12.1 Å². The minimum absolute atomic E-state index is 0.120. The first-order valence-electron chi connectivity index (χ1n) is 13.1. The number of hydrogen-bond donors (Lipinski definition) is 2. The van der Waals surface area contributed by atoms with Crippen molar-refractivity contribution in [2.75, 3.05) is 26.2 Å². The predicted molar refractivity (Wildman–Crippen MR) is 144 cm³/mol. The number of nitrogens with zero attached hydrogens (tertiary/aromatic N) is 4. The van der Waals surface area contributed by atoms with Crippen LogP contribution in [0, 0.1) is 11.6 Å². The third-order valence-electron chi connectivity index (χ3n) is 7.85. The van der Waals surface area contributed by atoms with E-state index in [2.05, 4.69) is 21.2 Å². The van der Waals surface area contributed by atoms with Gasteiger partial charge in [0.1, 0.15) is 9.71 Å². The number of halogens is 5. The van der Waals surface area contributed by atoms with Crippen molar-refractivity contribution < 1.29 is 31.0 Å². The van der Waals surface area contributed by atoms with Crippen molar-refractivity contribution in [3.63, 3.8) is 0 Å². The Labute approximate surface area is 232 Å². The number of carbonyl (C=O) groups is 1. The van der Waals surface area contributed by atoms with E-state index >= 15 is 0 Å². The zero-order valence-corrected chi connectivity index (χ0v) is 22.7. The zero-order valence-electron chi connectivity index (χ0n) is 21.9. The van der Waals surface area contributed by atoms with Crippen LogP contribution in [0.4, 0.5) is 26.7 Å². The molecule has 0 spiro atoms. The predicted octanol–water partition coefficient (Wildman–Crippen LogP) is 3.75. The molecule has 0 saturated carbocycles. The van der Waals surface area contributed by atoms with Crippen LogP contribution in [-0.2, 0) is 9.71 Å². The second-order valence-electron chi connectivity index (χ2n) is 10.4. The third kappa shape index (κ3) is 5.69. The lowest BCUT2D eigenvalue weighted by Crippen LogP contribution is -2.52. The third-order valence-corrected chi connectivity index (χ3v) is 9.70. The molecule has 0 aliphatic carbocycles. The fourth-order valence-corrected chi connectivity index (χ4v) is 6.79. The Hall–Kier alpha value is -3.46. The second-order valence-corrected chi connectivity index (χ2v) is 12.6. The fraction of sp³-hybridized carbons (Fsp3) is 0.462. The number of piperidine rings is 1. The van der Waals surface area contributed by atoms with Crippen LogP contribution in [0.1, 0.15) is 43.2 Å². The number of fused-ring (bicyclic) bond motifs is 1. The summed E-state index contributed by atoms with van der Waals surface area (Å²) in [6, 6.07) is 5.42. The van der Waals surface area contributed by atoms with E-state index in [4.69, 9.17) is 0 Å². The average molecular weight is 601 g/mol. The van der Waals surface area contributed by atoms with E-state index in [-0.39, 0.29) is 43.2 Å². The molecule has 3 atom stereocenters. The molecule has 2 amide bonds. The molecule has 15 heteroatoms. The molecule has 2 aromatic heterocycles. The highest BCUT2D eigenvalue weighted by Crippen LogP contribution is 2.35. The number of rotatable bonds is 4. The van der Waals surface area contributed by atoms with Crippen molar-refractivity contribution in [3.05, 3.63) is 64.2 Å². The largest absolute Gasteiger partial charge is 0.476 e. The molecule has 3 aromatic rings. The molecule has 1 aromatic carbocycles. The lowest BCUT2D eigenvalue weighted by molar-refractivity contribution is -0.0438. The molecule has 222 valence electrons. The van der Waals surface area contributed by atoms with Crippen molar-refractivity contribution in [1.82, 2.24) is 29.1 Å². The van der Waals surface area contributed by atoms with Gasteiger partial charge >= 0.3 is 17.2 Å². The molecule has 0 radical (unpaired) electrons. The quantitative estimate of drug-likeness (QED) is 0.352. The van der Waals surface area contributed by atoms with Crippen molar-refractivity contribution in [2.45, 2.75) is 49.2 Å². The highest BCUT2D eigenvalue weighted by Gasteiger charge is 2.46. The summed E-state index contributed by atoms with van der Waals surface area (Å²) in [4.78, 5) is 34.0.